The SMILES string of the molecule is Cn1ccc(-c2[nH]nc(N)c2-c2ccc(Cl)cc2)cc1=O. The van der Waals surface area contributed by atoms with E-state index in [1.54, 1.807) is 31.4 Å². The van der Waals surface area contributed by atoms with Crippen molar-refractivity contribution < 1.29 is 0 Å². The lowest BCUT2D eigenvalue weighted by atomic mass is 10.0. The van der Waals surface area contributed by atoms with E-state index in [1.165, 1.54) is 4.57 Å². The molecule has 0 saturated heterocycles. The van der Waals surface area contributed by atoms with Gasteiger partial charge in [-0.1, -0.05) is 23.7 Å². The Balaban J connectivity index is 2.18. The number of H-pyrrole nitrogens is 1. The Morgan fingerprint density at radius 1 is 1.19 bits per heavy atom. The molecule has 2 heterocycles. The number of nitrogen functional groups attached to an aromatic ring is 1. The standard InChI is InChI=1S/C15H13ClN4O/c1-20-7-6-10(8-12(20)21)14-13(15(17)19-18-14)9-2-4-11(16)5-3-9/h2-8H,1H3,(H3,17,18,19). The van der Waals surface area contributed by atoms with Gasteiger partial charge in [-0.25, -0.2) is 0 Å². The maximum absolute atomic E-state index is 11.8. The zero-order valence-electron chi connectivity index (χ0n) is 11.3. The number of nitrogens with one attached hydrogen (secondary N) is 1. The van der Waals surface area contributed by atoms with Gasteiger partial charge in [0, 0.05) is 29.9 Å². The van der Waals surface area contributed by atoms with Gasteiger partial charge in [-0.2, -0.15) is 5.10 Å². The van der Waals surface area contributed by atoms with Gasteiger partial charge in [0.15, 0.2) is 5.82 Å². The molecule has 0 atom stereocenters. The summed E-state index contributed by atoms with van der Waals surface area (Å²) in [4.78, 5) is 11.8. The van der Waals surface area contributed by atoms with E-state index in [0.717, 1.165) is 16.7 Å². The third-order valence-electron chi connectivity index (χ3n) is 3.32. The second kappa shape index (κ2) is 5.10. The zero-order valence-corrected chi connectivity index (χ0v) is 12.1. The fraction of sp³-hybridized carbons (Fsp3) is 0.0667. The van der Waals surface area contributed by atoms with Gasteiger partial charge in [-0.15, -0.1) is 0 Å². The van der Waals surface area contributed by atoms with E-state index >= 15 is 0 Å². The van der Waals surface area contributed by atoms with Crippen LogP contribution in [0.25, 0.3) is 22.4 Å². The van der Waals surface area contributed by atoms with Crippen LogP contribution in [0.4, 0.5) is 5.82 Å². The van der Waals surface area contributed by atoms with Gasteiger partial charge in [0.05, 0.1) is 11.3 Å². The monoisotopic (exact) mass is 300 g/mol. The number of pyridine rings is 1. The number of hydrogen-bond acceptors (Lipinski definition) is 3. The average Bonchev–Trinajstić information content (AvgIpc) is 2.85. The Kier molecular flexibility index (Phi) is 3.27. The third-order valence-corrected chi connectivity index (χ3v) is 3.57. The van der Waals surface area contributed by atoms with Crippen LogP contribution in [0.2, 0.25) is 5.02 Å². The van der Waals surface area contributed by atoms with Crippen molar-refractivity contribution in [2.75, 3.05) is 5.73 Å². The van der Waals surface area contributed by atoms with Crippen molar-refractivity contribution in [1.82, 2.24) is 14.8 Å². The number of rotatable bonds is 2. The summed E-state index contributed by atoms with van der Waals surface area (Å²) in [5.41, 5.74) is 8.98. The summed E-state index contributed by atoms with van der Waals surface area (Å²) in [7, 11) is 1.70. The van der Waals surface area contributed by atoms with Crippen LogP contribution in [0.3, 0.4) is 0 Å². The first-order chi connectivity index (χ1) is 10.1. The van der Waals surface area contributed by atoms with Gasteiger partial charge in [0.1, 0.15) is 0 Å². The highest BCUT2D eigenvalue weighted by molar-refractivity contribution is 6.30. The minimum absolute atomic E-state index is 0.0947. The van der Waals surface area contributed by atoms with Gasteiger partial charge >= 0.3 is 0 Å². The summed E-state index contributed by atoms with van der Waals surface area (Å²) >= 11 is 5.91. The summed E-state index contributed by atoms with van der Waals surface area (Å²) < 4.78 is 1.51. The molecule has 0 amide bonds. The first-order valence-electron chi connectivity index (χ1n) is 6.33. The fourth-order valence-corrected chi connectivity index (χ4v) is 2.30. The molecule has 0 aliphatic rings. The van der Waals surface area contributed by atoms with E-state index in [2.05, 4.69) is 10.2 Å². The second-order valence-electron chi connectivity index (χ2n) is 4.73. The molecule has 0 aliphatic carbocycles. The van der Waals surface area contributed by atoms with Gasteiger partial charge in [-0.3, -0.25) is 9.89 Å². The van der Waals surface area contributed by atoms with Crippen LogP contribution in [0.5, 0.6) is 0 Å². The lowest BCUT2D eigenvalue weighted by Gasteiger charge is -2.06. The van der Waals surface area contributed by atoms with Crippen LogP contribution in [0.15, 0.2) is 47.4 Å². The van der Waals surface area contributed by atoms with Crippen molar-refractivity contribution in [3.63, 3.8) is 0 Å². The quantitative estimate of drug-likeness (QED) is 0.764. The van der Waals surface area contributed by atoms with Crippen LogP contribution in [-0.2, 0) is 7.05 Å². The number of hydrogen-bond donors (Lipinski definition) is 2. The molecule has 2 aromatic heterocycles. The molecule has 6 heteroatoms. The molecule has 0 unspecified atom stereocenters. The van der Waals surface area contributed by atoms with E-state index in [4.69, 9.17) is 17.3 Å². The highest BCUT2D eigenvalue weighted by Crippen LogP contribution is 2.34. The fourth-order valence-electron chi connectivity index (χ4n) is 2.18. The summed E-state index contributed by atoms with van der Waals surface area (Å²) in [6, 6.07) is 10.7. The zero-order chi connectivity index (χ0) is 15.0. The maximum atomic E-state index is 11.8. The molecule has 21 heavy (non-hydrogen) atoms. The van der Waals surface area contributed by atoms with Gasteiger partial charge in [0.25, 0.3) is 5.56 Å². The number of anilines is 1. The molecule has 0 saturated carbocycles. The van der Waals surface area contributed by atoms with Crippen molar-refractivity contribution in [3.8, 4) is 22.4 Å². The normalized spacial score (nSPS) is 10.8. The van der Waals surface area contributed by atoms with Crippen LogP contribution >= 0.6 is 11.6 Å². The molecule has 1 aromatic carbocycles. The maximum Gasteiger partial charge on any atom is 0.250 e. The molecule has 0 aliphatic heterocycles. The number of aromatic amines is 1. The van der Waals surface area contributed by atoms with Crippen LogP contribution in [0.1, 0.15) is 0 Å². The lowest BCUT2D eigenvalue weighted by Crippen LogP contribution is -2.14. The lowest BCUT2D eigenvalue weighted by molar-refractivity contribution is 0.861. The van der Waals surface area contributed by atoms with Gasteiger partial charge < -0.3 is 10.3 Å². The number of nitrogens with two attached hydrogens (primary N) is 1. The number of benzene rings is 1. The molecular formula is C15H13ClN4O. The Morgan fingerprint density at radius 2 is 1.90 bits per heavy atom. The number of aryl methyl sites for hydroxylation is 1. The smallest absolute Gasteiger partial charge is 0.250 e. The first-order valence-corrected chi connectivity index (χ1v) is 6.71. The Labute approximate surface area is 126 Å². The predicted molar refractivity (Wildman–Crippen MR) is 84.1 cm³/mol. The van der Waals surface area contributed by atoms with E-state index in [1.807, 2.05) is 18.2 Å². The van der Waals surface area contributed by atoms with Gasteiger partial charge in [-0.05, 0) is 23.8 Å². The average molecular weight is 301 g/mol. The van der Waals surface area contributed by atoms with E-state index in [-0.39, 0.29) is 5.56 Å². The molecule has 0 fully saturated rings. The predicted octanol–water partition coefficient (Wildman–Crippen LogP) is 2.68. The van der Waals surface area contributed by atoms with Gasteiger partial charge in [0.2, 0.25) is 0 Å². The van der Waals surface area contributed by atoms with Crippen molar-refractivity contribution in [2.24, 2.45) is 7.05 Å². The molecule has 3 aromatic rings. The largest absolute Gasteiger partial charge is 0.382 e. The van der Waals surface area contributed by atoms with Crippen LogP contribution in [-0.4, -0.2) is 14.8 Å². The molecule has 3 N–H and O–H groups in total. The Morgan fingerprint density at radius 3 is 2.57 bits per heavy atom. The molecule has 0 bridgehead atoms. The van der Waals surface area contributed by atoms with Crippen molar-refractivity contribution >= 4 is 17.4 Å². The summed E-state index contributed by atoms with van der Waals surface area (Å²) in [6.45, 7) is 0. The van der Waals surface area contributed by atoms with E-state index < -0.39 is 0 Å². The minimum Gasteiger partial charge on any atom is -0.382 e. The molecule has 3 rings (SSSR count). The molecule has 0 radical (unpaired) electrons. The van der Waals surface area contributed by atoms with Crippen molar-refractivity contribution in [3.05, 3.63) is 58.0 Å². The molecule has 106 valence electrons. The number of halogens is 1. The van der Waals surface area contributed by atoms with Crippen molar-refractivity contribution in [2.45, 2.75) is 0 Å². The van der Waals surface area contributed by atoms with Crippen LogP contribution in [0, 0.1) is 0 Å². The number of aromatic nitrogens is 3. The molecule has 5 nitrogen and oxygen atoms in total. The van der Waals surface area contributed by atoms with Crippen LogP contribution < -0.4 is 11.3 Å². The molecule has 0 spiro atoms. The Bertz CT molecular complexity index is 849. The second-order valence-corrected chi connectivity index (χ2v) is 5.17. The summed E-state index contributed by atoms with van der Waals surface area (Å²) in [5, 5.41) is 7.60. The highest BCUT2D eigenvalue weighted by Gasteiger charge is 2.15. The minimum atomic E-state index is -0.0947. The third kappa shape index (κ3) is 2.43. The summed E-state index contributed by atoms with van der Waals surface area (Å²) in [5.74, 6) is 0.382. The van der Waals surface area contributed by atoms with E-state index in [9.17, 15) is 4.79 Å². The topological polar surface area (TPSA) is 76.7 Å². The van der Waals surface area contributed by atoms with Crippen molar-refractivity contribution in [1.29, 1.82) is 0 Å². The highest BCUT2D eigenvalue weighted by atomic mass is 35.5. The molecular weight excluding hydrogens is 288 g/mol. The summed E-state index contributed by atoms with van der Waals surface area (Å²) in [6.07, 6.45) is 1.71. The first kappa shape index (κ1) is 13.5. The number of nitrogens with zero attached hydrogens (tertiary/aromatic N) is 2. The van der Waals surface area contributed by atoms with E-state index in [0.29, 0.717) is 16.5 Å². The Hall–Kier alpha value is -2.53.